The average Bonchev–Trinajstić information content (AvgIpc) is 2.49. The summed E-state index contributed by atoms with van der Waals surface area (Å²) in [5.41, 5.74) is 4.15. The van der Waals surface area contributed by atoms with Crippen LogP contribution in [0.4, 0.5) is 0 Å². The lowest BCUT2D eigenvalue weighted by molar-refractivity contribution is 0.415. The number of benzene rings is 1. The third kappa shape index (κ3) is 2.50. The fourth-order valence-electron chi connectivity index (χ4n) is 1.69. The highest BCUT2D eigenvalue weighted by molar-refractivity contribution is 6.16. The molecule has 20 heavy (non-hydrogen) atoms. The molecule has 0 bridgehead atoms. The molecular formula is C14H11N5O. The minimum atomic E-state index is -0.0691. The van der Waals surface area contributed by atoms with E-state index in [9.17, 15) is 0 Å². The highest BCUT2D eigenvalue weighted by Gasteiger charge is 2.19. The predicted octanol–water partition coefficient (Wildman–Crippen LogP) is 1.72. The minimum Gasteiger partial charge on any atom is -0.497 e. The molecule has 0 saturated heterocycles. The number of hydrazone groups is 1. The molecule has 98 valence electrons. The SMILES string of the molecule is COc1ccc(C2=NNC(C)=NC2=C(C#N)C#N)cc1. The Hall–Kier alpha value is -3.12. The van der Waals surface area contributed by atoms with Gasteiger partial charge in [0.1, 0.15) is 35.1 Å². The number of rotatable bonds is 2. The maximum Gasteiger partial charge on any atom is 0.157 e. The largest absolute Gasteiger partial charge is 0.497 e. The van der Waals surface area contributed by atoms with Crippen LogP contribution in [-0.4, -0.2) is 18.7 Å². The maximum absolute atomic E-state index is 9.02. The summed E-state index contributed by atoms with van der Waals surface area (Å²) in [6.45, 7) is 1.71. The van der Waals surface area contributed by atoms with E-state index < -0.39 is 0 Å². The van der Waals surface area contributed by atoms with E-state index in [0.717, 1.165) is 5.56 Å². The number of allylic oxidation sites excluding steroid dienone is 2. The molecule has 1 aromatic rings. The maximum atomic E-state index is 9.02. The van der Waals surface area contributed by atoms with Crippen molar-refractivity contribution in [2.24, 2.45) is 10.1 Å². The molecule has 6 heteroatoms. The normalized spacial score (nSPS) is 13.3. The first kappa shape index (κ1) is 13.3. The number of amidine groups is 1. The molecule has 1 N–H and O–H groups in total. The number of ether oxygens (including phenoxy) is 1. The summed E-state index contributed by atoms with van der Waals surface area (Å²) in [6, 6.07) is 10.8. The first-order valence-corrected chi connectivity index (χ1v) is 5.78. The molecule has 1 aliphatic rings. The number of hydrogen-bond donors (Lipinski definition) is 1. The van der Waals surface area contributed by atoms with E-state index >= 15 is 0 Å². The predicted molar refractivity (Wildman–Crippen MR) is 74.0 cm³/mol. The van der Waals surface area contributed by atoms with Gasteiger partial charge in [0.15, 0.2) is 5.57 Å². The Morgan fingerprint density at radius 3 is 2.40 bits per heavy atom. The highest BCUT2D eigenvalue weighted by atomic mass is 16.5. The van der Waals surface area contributed by atoms with E-state index in [1.165, 1.54) is 0 Å². The smallest absolute Gasteiger partial charge is 0.157 e. The van der Waals surface area contributed by atoms with E-state index in [2.05, 4.69) is 15.5 Å². The Kier molecular flexibility index (Phi) is 3.78. The van der Waals surface area contributed by atoms with Gasteiger partial charge in [-0.3, -0.25) is 5.43 Å². The second-order valence-electron chi connectivity index (χ2n) is 3.95. The van der Waals surface area contributed by atoms with Gasteiger partial charge in [-0.25, -0.2) is 4.99 Å². The molecule has 0 saturated carbocycles. The van der Waals surface area contributed by atoms with Crippen LogP contribution in [0.3, 0.4) is 0 Å². The standard InChI is InChI=1S/C14H11N5O/c1-9-17-13(11(7-15)8-16)14(19-18-9)10-3-5-12(20-2)6-4-10/h3-6H,1-2H3,(H,17,18). The molecule has 2 rings (SSSR count). The van der Waals surface area contributed by atoms with Crippen molar-refractivity contribution in [1.82, 2.24) is 5.43 Å². The van der Waals surface area contributed by atoms with Crippen molar-refractivity contribution in [1.29, 1.82) is 10.5 Å². The third-order valence-corrected chi connectivity index (χ3v) is 2.66. The molecular weight excluding hydrogens is 254 g/mol. The van der Waals surface area contributed by atoms with Crippen molar-refractivity contribution >= 4 is 11.5 Å². The summed E-state index contributed by atoms with van der Waals surface area (Å²) in [5, 5.41) is 22.2. The molecule has 6 nitrogen and oxygen atoms in total. The van der Waals surface area contributed by atoms with Crippen molar-refractivity contribution in [3.05, 3.63) is 41.1 Å². The fourth-order valence-corrected chi connectivity index (χ4v) is 1.69. The van der Waals surface area contributed by atoms with Gasteiger partial charge in [0, 0.05) is 5.56 Å². The van der Waals surface area contributed by atoms with Gasteiger partial charge in [0.25, 0.3) is 0 Å². The number of nitrogens with one attached hydrogen (secondary N) is 1. The van der Waals surface area contributed by atoms with Crippen LogP contribution >= 0.6 is 0 Å². The number of aliphatic imine (C=N–C) groups is 1. The quantitative estimate of drug-likeness (QED) is 0.824. The monoisotopic (exact) mass is 265 g/mol. The Labute approximate surface area is 116 Å². The Bertz CT molecular complexity index is 683. The molecule has 0 aliphatic carbocycles. The topological polar surface area (TPSA) is 93.6 Å². The zero-order chi connectivity index (χ0) is 14.5. The van der Waals surface area contributed by atoms with Gasteiger partial charge in [-0.2, -0.15) is 15.6 Å². The van der Waals surface area contributed by atoms with Gasteiger partial charge >= 0.3 is 0 Å². The van der Waals surface area contributed by atoms with Crippen molar-refractivity contribution in [3.8, 4) is 17.9 Å². The molecule has 0 amide bonds. The third-order valence-electron chi connectivity index (χ3n) is 2.66. The van der Waals surface area contributed by atoms with Crippen LogP contribution < -0.4 is 10.2 Å². The molecule has 1 heterocycles. The number of nitriles is 2. The summed E-state index contributed by atoms with van der Waals surface area (Å²) in [6.07, 6.45) is 0. The molecule has 0 spiro atoms. The molecule has 0 radical (unpaired) electrons. The van der Waals surface area contributed by atoms with Gasteiger partial charge in [0.2, 0.25) is 0 Å². The molecule has 0 unspecified atom stereocenters. The van der Waals surface area contributed by atoms with Gasteiger partial charge < -0.3 is 4.74 Å². The highest BCUT2D eigenvalue weighted by Crippen LogP contribution is 2.19. The summed E-state index contributed by atoms with van der Waals surface area (Å²) in [4.78, 5) is 4.20. The Morgan fingerprint density at radius 2 is 1.85 bits per heavy atom. The first-order valence-electron chi connectivity index (χ1n) is 5.78. The fraction of sp³-hybridized carbons (Fsp3) is 0.143. The van der Waals surface area contributed by atoms with Crippen LogP contribution in [0, 0.1) is 22.7 Å². The van der Waals surface area contributed by atoms with Crippen LogP contribution in [-0.2, 0) is 0 Å². The van der Waals surface area contributed by atoms with E-state index in [0.29, 0.717) is 17.3 Å². The first-order chi connectivity index (χ1) is 9.69. The van der Waals surface area contributed by atoms with Gasteiger partial charge in [0.05, 0.1) is 7.11 Å². The summed E-state index contributed by atoms with van der Waals surface area (Å²) in [5.74, 6) is 1.24. The lowest BCUT2D eigenvalue weighted by atomic mass is 10.0. The van der Waals surface area contributed by atoms with Crippen LogP contribution in [0.25, 0.3) is 0 Å². The lowest BCUT2D eigenvalue weighted by Crippen LogP contribution is -2.24. The molecule has 1 aliphatic heterocycles. The molecule has 0 atom stereocenters. The zero-order valence-corrected chi connectivity index (χ0v) is 11.0. The van der Waals surface area contributed by atoms with Crippen molar-refractivity contribution in [2.75, 3.05) is 7.11 Å². The van der Waals surface area contributed by atoms with E-state index in [4.69, 9.17) is 15.3 Å². The van der Waals surface area contributed by atoms with Crippen molar-refractivity contribution in [3.63, 3.8) is 0 Å². The van der Waals surface area contributed by atoms with E-state index in [-0.39, 0.29) is 11.3 Å². The molecule has 0 fully saturated rings. The van der Waals surface area contributed by atoms with Crippen LogP contribution in [0.5, 0.6) is 5.75 Å². The second kappa shape index (κ2) is 5.68. The van der Waals surface area contributed by atoms with Crippen LogP contribution in [0.1, 0.15) is 12.5 Å². The Balaban J connectivity index is 2.52. The number of methoxy groups -OCH3 is 1. The minimum absolute atomic E-state index is 0.0691. The van der Waals surface area contributed by atoms with Crippen molar-refractivity contribution < 1.29 is 4.74 Å². The summed E-state index contributed by atoms with van der Waals surface area (Å²) in [7, 11) is 1.58. The van der Waals surface area contributed by atoms with E-state index in [1.807, 2.05) is 12.1 Å². The van der Waals surface area contributed by atoms with Gasteiger partial charge in [-0.1, -0.05) is 0 Å². The number of hydrogen-bond acceptors (Lipinski definition) is 6. The lowest BCUT2D eigenvalue weighted by Gasteiger charge is -2.14. The zero-order valence-electron chi connectivity index (χ0n) is 11.0. The van der Waals surface area contributed by atoms with Gasteiger partial charge in [-0.05, 0) is 31.2 Å². The van der Waals surface area contributed by atoms with E-state index in [1.54, 1.807) is 38.3 Å². The second-order valence-corrected chi connectivity index (χ2v) is 3.95. The summed E-state index contributed by atoms with van der Waals surface area (Å²) < 4.78 is 5.09. The molecule has 1 aromatic carbocycles. The van der Waals surface area contributed by atoms with Crippen LogP contribution in [0.15, 0.2) is 45.6 Å². The van der Waals surface area contributed by atoms with Crippen LogP contribution in [0.2, 0.25) is 0 Å². The Morgan fingerprint density at radius 1 is 1.20 bits per heavy atom. The number of nitrogens with zero attached hydrogens (tertiary/aromatic N) is 4. The van der Waals surface area contributed by atoms with Gasteiger partial charge in [-0.15, -0.1) is 0 Å². The average molecular weight is 265 g/mol. The summed E-state index contributed by atoms with van der Waals surface area (Å²) >= 11 is 0. The van der Waals surface area contributed by atoms with Crippen molar-refractivity contribution in [2.45, 2.75) is 6.92 Å². The molecule has 0 aromatic heterocycles.